The summed E-state index contributed by atoms with van der Waals surface area (Å²) in [5.41, 5.74) is 16.7. The Morgan fingerprint density at radius 3 is 2.69 bits per heavy atom. The van der Waals surface area contributed by atoms with Crippen LogP contribution in [0.5, 0.6) is 11.6 Å². The Kier molecular flexibility index (Phi) is 5.49. The molecule has 1 atom stereocenters. The molecule has 3 aromatic heterocycles. The van der Waals surface area contributed by atoms with Gasteiger partial charge in [-0.2, -0.15) is 0 Å². The number of hydrogen-bond donors (Lipinski definition) is 2. The van der Waals surface area contributed by atoms with Crippen molar-refractivity contribution >= 4 is 22.8 Å². The van der Waals surface area contributed by atoms with E-state index >= 15 is 0 Å². The maximum absolute atomic E-state index is 12.3. The van der Waals surface area contributed by atoms with Gasteiger partial charge in [-0.05, 0) is 43.2 Å². The van der Waals surface area contributed by atoms with Crippen LogP contribution in [0.15, 0.2) is 61.4 Å². The topological polar surface area (TPSA) is 125 Å². The summed E-state index contributed by atoms with van der Waals surface area (Å²) in [6.07, 6.45) is 3.36. The van der Waals surface area contributed by atoms with Crippen LogP contribution < -0.4 is 16.2 Å². The molecule has 1 amide bonds. The number of pyridine rings is 1. The number of carbonyl (C=O) groups is 1. The lowest BCUT2D eigenvalue weighted by molar-refractivity contribution is -0.125. The van der Waals surface area contributed by atoms with E-state index in [2.05, 4.69) is 21.5 Å². The van der Waals surface area contributed by atoms with Gasteiger partial charge in [0.1, 0.15) is 23.5 Å². The van der Waals surface area contributed by atoms with Crippen LogP contribution in [-0.4, -0.2) is 43.4 Å². The number of fused-ring (bicyclic) bond motifs is 1. The summed E-state index contributed by atoms with van der Waals surface area (Å²) in [6.45, 7) is 6.43. The van der Waals surface area contributed by atoms with E-state index in [0.29, 0.717) is 42.6 Å². The lowest BCUT2D eigenvalue weighted by Crippen LogP contribution is -2.42. The van der Waals surface area contributed by atoms with E-state index in [4.69, 9.17) is 16.2 Å². The maximum atomic E-state index is 12.3. The van der Waals surface area contributed by atoms with E-state index in [1.165, 1.54) is 12.4 Å². The second-order valence-electron chi connectivity index (χ2n) is 8.85. The monoisotopic (exact) mass is 469 g/mol. The molecule has 35 heavy (non-hydrogen) atoms. The average molecular weight is 470 g/mol. The number of aromatic nitrogens is 4. The minimum Gasteiger partial charge on any atom is -0.439 e. The molecule has 0 spiro atoms. The minimum absolute atomic E-state index is 0.136. The second-order valence-corrected chi connectivity index (χ2v) is 8.85. The Labute approximate surface area is 203 Å². The normalized spacial score (nSPS) is 17.6. The maximum Gasteiger partial charge on any atom is 0.246 e. The summed E-state index contributed by atoms with van der Waals surface area (Å²) in [4.78, 5) is 27.1. The van der Waals surface area contributed by atoms with Crippen molar-refractivity contribution in [3.05, 3.63) is 72.8 Å². The van der Waals surface area contributed by atoms with Gasteiger partial charge in [-0.15, -0.1) is 0 Å². The quantitative estimate of drug-likeness (QED) is 0.430. The fraction of sp³-hybridized carbons (Fsp3) is 0.231. The van der Waals surface area contributed by atoms with Crippen LogP contribution in [0.2, 0.25) is 0 Å². The molecule has 4 heterocycles. The van der Waals surface area contributed by atoms with Crippen molar-refractivity contribution in [1.29, 1.82) is 0 Å². The number of carbonyl (C=O) groups excluding carboxylic acids is 1. The number of aryl methyl sites for hydroxylation is 2. The van der Waals surface area contributed by atoms with Crippen LogP contribution in [0.25, 0.3) is 22.2 Å². The molecule has 1 aliphatic heterocycles. The van der Waals surface area contributed by atoms with Crippen molar-refractivity contribution in [3.63, 3.8) is 0 Å². The van der Waals surface area contributed by atoms with Gasteiger partial charge >= 0.3 is 0 Å². The van der Waals surface area contributed by atoms with Gasteiger partial charge in [-0.3, -0.25) is 4.79 Å². The number of nitrogen functional groups attached to an aromatic ring is 1. The molecule has 1 fully saturated rings. The third kappa shape index (κ3) is 3.89. The first-order valence-electron chi connectivity index (χ1n) is 11.3. The average Bonchev–Trinajstić information content (AvgIpc) is 3.39. The number of anilines is 1. The molecule has 9 nitrogen and oxygen atoms in total. The van der Waals surface area contributed by atoms with Crippen molar-refractivity contribution in [2.75, 3.05) is 18.8 Å². The molecule has 0 radical (unpaired) electrons. The van der Waals surface area contributed by atoms with Gasteiger partial charge in [0.15, 0.2) is 0 Å². The standard InChI is InChI=1S/C26H27N7O2/c1-4-20(34)33-13-12-26(28,14-33)23-21(22-24(27)29-15-30-25(22)32(23)3)17-8-10-18(11-9-17)35-19-7-5-6-16(2)31-19/h4-11,15H,1,12-14,28H2,2-3H3,(H2,27,29,30). The smallest absolute Gasteiger partial charge is 0.246 e. The molecule has 9 heteroatoms. The Morgan fingerprint density at radius 2 is 1.97 bits per heavy atom. The lowest BCUT2D eigenvalue weighted by atomic mass is 9.89. The van der Waals surface area contributed by atoms with Gasteiger partial charge in [-0.25, -0.2) is 15.0 Å². The molecule has 5 rings (SSSR count). The highest BCUT2D eigenvalue weighted by Crippen LogP contribution is 2.43. The largest absolute Gasteiger partial charge is 0.439 e. The highest BCUT2D eigenvalue weighted by atomic mass is 16.5. The zero-order chi connectivity index (χ0) is 24.7. The highest BCUT2D eigenvalue weighted by Gasteiger charge is 2.42. The molecule has 1 unspecified atom stereocenters. The van der Waals surface area contributed by atoms with E-state index in [1.807, 2.05) is 61.0 Å². The summed E-state index contributed by atoms with van der Waals surface area (Å²) >= 11 is 0. The SMILES string of the molecule is C=CC(=O)N1CCC(N)(c2c(-c3ccc(Oc4cccc(C)n4)cc3)c3c(N)ncnc3n2C)C1. The number of nitrogens with two attached hydrogens (primary N) is 2. The predicted molar refractivity (Wildman–Crippen MR) is 135 cm³/mol. The van der Waals surface area contributed by atoms with E-state index in [-0.39, 0.29) is 5.91 Å². The van der Waals surface area contributed by atoms with Crippen molar-refractivity contribution < 1.29 is 9.53 Å². The first-order valence-corrected chi connectivity index (χ1v) is 11.3. The van der Waals surface area contributed by atoms with Gasteiger partial charge in [0.25, 0.3) is 0 Å². The first kappa shape index (κ1) is 22.5. The molecule has 1 aliphatic rings. The van der Waals surface area contributed by atoms with Crippen LogP contribution in [0, 0.1) is 6.92 Å². The molecule has 0 bridgehead atoms. The second kappa shape index (κ2) is 8.52. The number of rotatable bonds is 5. The fourth-order valence-corrected chi connectivity index (χ4v) is 4.87. The van der Waals surface area contributed by atoms with Crippen molar-refractivity contribution in [1.82, 2.24) is 24.4 Å². The van der Waals surface area contributed by atoms with Gasteiger partial charge < -0.3 is 25.7 Å². The van der Waals surface area contributed by atoms with Crippen LogP contribution in [-0.2, 0) is 17.4 Å². The van der Waals surface area contributed by atoms with Crippen LogP contribution in [0.3, 0.4) is 0 Å². The molecular formula is C26H27N7O2. The predicted octanol–water partition coefficient (Wildman–Crippen LogP) is 3.29. The number of benzene rings is 1. The van der Waals surface area contributed by atoms with E-state index in [0.717, 1.165) is 27.9 Å². The van der Waals surface area contributed by atoms with E-state index < -0.39 is 5.54 Å². The highest BCUT2D eigenvalue weighted by molar-refractivity contribution is 6.03. The molecule has 1 saturated heterocycles. The molecule has 1 aromatic carbocycles. The molecular weight excluding hydrogens is 442 g/mol. The van der Waals surface area contributed by atoms with Gasteiger partial charge in [0.2, 0.25) is 11.8 Å². The third-order valence-corrected chi connectivity index (χ3v) is 6.48. The Bertz CT molecular complexity index is 1440. The first-order chi connectivity index (χ1) is 16.8. The molecule has 0 saturated carbocycles. The number of nitrogens with zero attached hydrogens (tertiary/aromatic N) is 5. The van der Waals surface area contributed by atoms with E-state index in [1.54, 1.807) is 4.90 Å². The molecule has 0 aliphatic carbocycles. The summed E-state index contributed by atoms with van der Waals surface area (Å²) in [7, 11) is 1.92. The third-order valence-electron chi connectivity index (χ3n) is 6.48. The van der Waals surface area contributed by atoms with E-state index in [9.17, 15) is 4.79 Å². The Hall–Kier alpha value is -4.24. The molecule has 178 valence electrons. The van der Waals surface area contributed by atoms with Gasteiger partial charge in [-0.1, -0.05) is 24.8 Å². The Morgan fingerprint density at radius 1 is 1.20 bits per heavy atom. The zero-order valence-electron chi connectivity index (χ0n) is 19.7. The van der Waals surface area contributed by atoms with Crippen LogP contribution >= 0.6 is 0 Å². The van der Waals surface area contributed by atoms with Gasteiger partial charge in [0, 0.05) is 43.2 Å². The zero-order valence-corrected chi connectivity index (χ0v) is 19.7. The molecule has 4 aromatic rings. The fourth-order valence-electron chi connectivity index (χ4n) is 4.87. The minimum atomic E-state index is -0.795. The number of likely N-dealkylation sites (tertiary alicyclic amines) is 1. The molecule has 4 N–H and O–H groups in total. The van der Waals surface area contributed by atoms with Crippen molar-refractivity contribution in [2.24, 2.45) is 12.8 Å². The lowest BCUT2D eigenvalue weighted by Gasteiger charge is -2.27. The summed E-state index contributed by atoms with van der Waals surface area (Å²) in [6, 6.07) is 13.3. The number of ether oxygens (including phenoxy) is 1. The van der Waals surface area contributed by atoms with Crippen LogP contribution in [0.1, 0.15) is 17.8 Å². The van der Waals surface area contributed by atoms with Crippen molar-refractivity contribution in [2.45, 2.75) is 18.9 Å². The summed E-state index contributed by atoms with van der Waals surface area (Å²) < 4.78 is 7.89. The summed E-state index contributed by atoms with van der Waals surface area (Å²) in [5.74, 6) is 1.42. The number of hydrogen-bond acceptors (Lipinski definition) is 7. The Balaban J connectivity index is 1.61. The van der Waals surface area contributed by atoms with Crippen molar-refractivity contribution in [3.8, 4) is 22.8 Å². The summed E-state index contributed by atoms with van der Waals surface area (Å²) in [5, 5.41) is 0.734. The van der Waals surface area contributed by atoms with Crippen LogP contribution in [0.4, 0.5) is 5.82 Å². The van der Waals surface area contributed by atoms with Gasteiger partial charge in [0.05, 0.1) is 10.9 Å². The number of amides is 1.